The average Bonchev–Trinajstić information content (AvgIpc) is 3.33. The van der Waals surface area contributed by atoms with Crippen molar-refractivity contribution >= 4 is 11.9 Å². The normalized spacial score (nSPS) is 33.7. The molecular formula is C38H68N4O2. The van der Waals surface area contributed by atoms with E-state index in [-0.39, 0.29) is 18.0 Å². The Labute approximate surface area is 270 Å². The van der Waals surface area contributed by atoms with E-state index < -0.39 is 0 Å². The van der Waals surface area contributed by atoms with Gasteiger partial charge in [-0.1, -0.05) is 78.9 Å². The molecule has 4 aliphatic rings. The first-order valence-electron chi connectivity index (χ1n) is 18.7. The van der Waals surface area contributed by atoms with Gasteiger partial charge in [-0.2, -0.15) is 0 Å². The van der Waals surface area contributed by atoms with Crippen molar-refractivity contribution in [3.8, 4) is 0 Å². The molecule has 3 fully saturated rings. The van der Waals surface area contributed by atoms with Crippen molar-refractivity contribution in [1.82, 2.24) is 10.2 Å². The molecule has 4 aliphatic carbocycles. The summed E-state index contributed by atoms with van der Waals surface area (Å²) in [7, 11) is 0. The molecule has 4 rings (SSSR count). The van der Waals surface area contributed by atoms with Crippen LogP contribution in [-0.2, 0) is 9.53 Å². The number of fused-ring (bicyclic) bond motifs is 5. The minimum atomic E-state index is -0.0378. The molecule has 0 aromatic carbocycles. The molecule has 0 aromatic heterocycles. The number of nitrogens with two attached hydrogens (primary N) is 1. The lowest BCUT2D eigenvalue weighted by molar-refractivity contribution is -0.152. The van der Waals surface area contributed by atoms with Gasteiger partial charge in [0.25, 0.3) is 0 Å². The monoisotopic (exact) mass is 613 g/mol. The largest absolute Gasteiger partial charge is 0.462 e. The summed E-state index contributed by atoms with van der Waals surface area (Å²) < 4.78 is 6.14. The summed E-state index contributed by atoms with van der Waals surface area (Å²) in [6, 6.07) is 0. The number of rotatable bonds is 16. The summed E-state index contributed by atoms with van der Waals surface area (Å²) in [5, 5.41) is 10.2. The summed E-state index contributed by atoms with van der Waals surface area (Å²) in [5.41, 5.74) is 7.83. The first-order valence-corrected chi connectivity index (χ1v) is 18.7. The Balaban J connectivity index is 1.29. The molecule has 252 valence electrons. The number of ether oxygens (including phenoxy) is 1. The fourth-order valence-electron chi connectivity index (χ4n) is 10.5. The van der Waals surface area contributed by atoms with Crippen LogP contribution in [0.3, 0.4) is 0 Å². The van der Waals surface area contributed by atoms with E-state index in [0.29, 0.717) is 23.8 Å². The summed E-state index contributed by atoms with van der Waals surface area (Å²) in [6.07, 6.45) is 20.6. The molecule has 0 unspecified atom stereocenters. The Hall–Kier alpha value is -1.56. The minimum absolute atomic E-state index is 0.0209. The van der Waals surface area contributed by atoms with Crippen LogP contribution in [0.25, 0.3) is 0 Å². The van der Waals surface area contributed by atoms with Crippen molar-refractivity contribution in [2.24, 2.45) is 52.1 Å². The fraction of sp³-hybridized carbons (Fsp3) is 0.895. The Morgan fingerprint density at radius 2 is 1.82 bits per heavy atom. The summed E-state index contributed by atoms with van der Waals surface area (Å²) in [4.78, 5) is 15.4. The number of carbonyl (C=O) groups is 1. The Bertz CT molecular complexity index is 980. The van der Waals surface area contributed by atoms with Crippen LogP contribution in [0.2, 0.25) is 0 Å². The number of guanidine groups is 1. The lowest BCUT2D eigenvalue weighted by atomic mass is 9.47. The summed E-state index contributed by atoms with van der Waals surface area (Å²) in [5.74, 6) is 5.11. The Morgan fingerprint density at radius 1 is 1.05 bits per heavy atom. The molecule has 44 heavy (non-hydrogen) atoms. The molecule has 8 atom stereocenters. The standard InChI is InChI=1S/C38H68N4O2/c1-7-8-23-42(24-10-22-41-36(39)40)25-19-35(43)44-30-17-20-37(5)29(26-30)13-14-31-33-16-15-32(28(4)12-9-11-27(2)3)38(33,6)21-18-34(31)37/h13,27-28,30-34H,7-12,14-26H2,1-6H3,(H4,39,40,41)/t28-,30+,31+,32-,33+,34+,37+,38-/m1/s1. The zero-order valence-corrected chi connectivity index (χ0v) is 29.4. The highest BCUT2D eigenvalue weighted by atomic mass is 16.5. The van der Waals surface area contributed by atoms with Crippen LogP contribution in [0.15, 0.2) is 11.6 Å². The van der Waals surface area contributed by atoms with E-state index in [1.807, 2.05) is 0 Å². The maximum Gasteiger partial charge on any atom is 0.307 e. The molecule has 0 aliphatic heterocycles. The van der Waals surface area contributed by atoms with E-state index in [9.17, 15) is 4.79 Å². The number of unbranched alkanes of at least 4 members (excludes halogenated alkanes) is 1. The zero-order chi connectivity index (χ0) is 31.9. The molecule has 0 spiro atoms. The van der Waals surface area contributed by atoms with Crippen LogP contribution >= 0.6 is 0 Å². The molecule has 6 nitrogen and oxygen atoms in total. The van der Waals surface area contributed by atoms with Gasteiger partial charge in [0.2, 0.25) is 0 Å². The Kier molecular flexibility index (Phi) is 12.7. The molecule has 0 bridgehead atoms. The van der Waals surface area contributed by atoms with Crippen LogP contribution in [-0.4, -0.2) is 49.1 Å². The van der Waals surface area contributed by atoms with Gasteiger partial charge in [0, 0.05) is 19.5 Å². The van der Waals surface area contributed by atoms with Gasteiger partial charge in [-0.25, -0.2) is 0 Å². The zero-order valence-electron chi connectivity index (χ0n) is 29.4. The predicted molar refractivity (Wildman–Crippen MR) is 183 cm³/mol. The lowest BCUT2D eigenvalue weighted by Gasteiger charge is -2.58. The maximum atomic E-state index is 13.0. The second-order valence-electron chi connectivity index (χ2n) is 16.3. The lowest BCUT2D eigenvalue weighted by Crippen LogP contribution is -2.51. The summed E-state index contributed by atoms with van der Waals surface area (Å²) >= 11 is 0. The van der Waals surface area contributed by atoms with Gasteiger partial charge in [-0.15, -0.1) is 0 Å². The van der Waals surface area contributed by atoms with Gasteiger partial charge >= 0.3 is 5.97 Å². The third kappa shape index (κ3) is 8.42. The summed E-state index contributed by atoms with van der Waals surface area (Å²) in [6.45, 7) is 18.1. The average molecular weight is 613 g/mol. The number of nitrogens with zero attached hydrogens (tertiary/aromatic N) is 1. The number of hydrogen-bond acceptors (Lipinski definition) is 4. The van der Waals surface area contributed by atoms with E-state index >= 15 is 0 Å². The van der Waals surface area contributed by atoms with Crippen molar-refractivity contribution in [1.29, 1.82) is 5.41 Å². The smallest absolute Gasteiger partial charge is 0.307 e. The molecule has 4 N–H and O–H groups in total. The highest BCUT2D eigenvalue weighted by Crippen LogP contribution is 2.67. The molecule has 0 radical (unpaired) electrons. The van der Waals surface area contributed by atoms with E-state index in [1.54, 1.807) is 5.57 Å². The van der Waals surface area contributed by atoms with Crippen molar-refractivity contribution in [3.63, 3.8) is 0 Å². The van der Waals surface area contributed by atoms with Crippen LogP contribution in [0.4, 0.5) is 0 Å². The number of hydrogen-bond donors (Lipinski definition) is 3. The van der Waals surface area contributed by atoms with Crippen LogP contribution in [0.1, 0.15) is 138 Å². The molecular weight excluding hydrogens is 544 g/mol. The van der Waals surface area contributed by atoms with E-state index in [4.69, 9.17) is 15.9 Å². The van der Waals surface area contributed by atoms with Crippen molar-refractivity contribution in [3.05, 3.63) is 11.6 Å². The van der Waals surface area contributed by atoms with Gasteiger partial charge in [0.05, 0.1) is 6.42 Å². The third-order valence-electron chi connectivity index (χ3n) is 13.0. The van der Waals surface area contributed by atoms with Crippen LogP contribution in [0.5, 0.6) is 0 Å². The molecule has 0 heterocycles. The minimum Gasteiger partial charge on any atom is -0.462 e. The van der Waals surface area contributed by atoms with Gasteiger partial charge in [0.1, 0.15) is 6.10 Å². The number of esters is 1. The molecule has 0 saturated heterocycles. The van der Waals surface area contributed by atoms with Gasteiger partial charge in [0.15, 0.2) is 5.96 Å². The highest BCUT2D eigenvalue weighted by molar-refractivity contribution is 5.74. The van der Waals surface area contributed by atoms with Gasteiger partial charge in [-0.05, 0) is 117 Å². The second-order valence-corrected chi connectivity index (χ2v) is 16.3. The first-order chi connectivity index (χ1) is 21.0. The SMILES string of the molecule is CCCCN(CCCNC(=N)N)CCC(=O)O[C@H]1CC[C@@]2(C)C(=CC[C@H]3[C@@H]4CC[C@H]([C@H](C)CCCC(C)C)[C@@]4(C)CC[C@@H]32)C1. The van der Waals surface area contributed by atoms with E-state index in [2.05, 4.69) is 57.8 Å². The Morgan fingerprint density at radius 3 is 2.55 bits per heavy atom. The van der Waals surface area contributed by atoms with Crippen LogP contribution in [0, 0.1) is 51.7 Å². The quantitative estimate of drug-likeness (QED) is 0.0536. The maximum absolute atomic E-state index is 13.0. The second kappa shape index (κ2) is 15.8. The van der Waals surface area contributed by atoms with Crippen molar-refractivity contribution in [2.75, 3.05) is 26.2 Å². The van der Waals surface area contributed by atoms with Crippen molar-refractivity contribution in [2.45, 2.75) is 144 Å². The predicted octanol–water partition coefficient (Wildman–Crippen LogP) is 8.30. The number of nitrogens with one attached hydrogen (secondary N) is 2. The molecule has 0 aromatic rings. The number of allylic oxidation sites excluding steroid dienone is 1. The van der Waals surface area contributed by atoms with E-state index in [1.165, 1.54) is 57.8 Å². The molecule has 6 heteroatoms. The van der Waals surface area contributed by atoms with E-state index in [0.717, 1.165) is 87.2 Å². The van der Waals surface area contributed by atoms with Gasteiger partial charge < -0.3 is 20.7 Å². The molecule has 3 saturated carbocycles. The first kappa shape index (κ1) is 35.3. The highest BCUT2D eigenvalue weighted by Gasteiger charge is 2.59. The van der Waals surface area contributed by atoms with Crippen LogP contribution < -0.4 is 11.1 Å². The van der Waals surface area contributed by atoms with Gasteiger partial charge in [-0.3, -0.25) is 10.2 Å². The fourth-order valence-corrected chi connectivity index (χ4v) is 10.5. The number of carbonyl (C=O) groups excluding carboxylic acids is 1. The third-order valence-corrected chi connectivity index (χ3v) is 13.0. The van der Waals surface area contributed by atoms with Crippen molar-refractivity contribution < 1.29 is 9.53 Å². The molecule has 0 amide bonds. The topological polar surface area (TPSA) is 91.4 Å².